The number of carbonyl (C=O) groups is 2. The molecule has 0 fully saturated rings. The van der Waals surface area contributed by atoms with Gasteiger partial charge in [-0.05, 0) is 30.2 Å². The predicted octanol–water partition coefficient (Wildman–Crippen LogP) is 2.24. The normalized spacial score (nSPS) is 10.0. The average molecular weight is 300 g/mol. The Balaban J connectivity index is 2.44. The summed E-state index contributed by atoms with van der Waals surface area (Å²) in [5.41, 5.74) is 2.11. The maximum atomic E-state index is 11.3. The zero-order valence-electron chi connectivity index (χ0n) is 9.50. The van der Waals surface area contributed by atoms with E-state index in [4.69, 9.17) is 5.11 Å². The largest absolute Gasteiger partial charge is 0.481 e. The fourth-order valence-electron chi connectivity index (χ4n) is 1.36. The molecule has 0 atom stereocenters. The quantitative estimate of drug-likeness (QED) is 0.876. The van der Waals surface area contributed by atoms with E-state index in [0.717, 1.165) is 15.6 Å². The van der Waals surface area contributed by atoms with Crippen molar-refractivity contribution in [3.05, 3.63) is 33.8 Å². The highest BCUT2D eigenvalue weighted by atomic mass is 79.9. The molecule has 1 aromatic rings. The van der Waals surface area contributed by atoms with Gasteiger partial charge in [0.25, 0.3) is 0 Å². The van der Waals surface area contributed by atoms with E-state index in [0.29, 0.717) is 6.54 Å². The SMILES string of the molecule is Cc1cc(Br)ccc1CNC(=O)CCC(=O)O. The lowest BCUT2D eigenvalue weighted by Gasteiger charge is -2.07. The van der Waals surface area contributed by atoms with E-state index < -0.39 is 5.97 Å². The highest BCUT2D eigenvalue weighted by molar-refractivity contribution is 9.10. The third kappa shape index (κ3) is 4.99. The number of aliphatic carboxylic acids is 1. The van der Waals surface area contributed by atoms with E-state index in [2.05, 4.69) is 21.2 Å². The Morgan fingerprint density at radius 1 is 1.35 bits per heavy atom. The number of halogens is 1. The van der Waals surface area contributed by atoms with Crippen LogP contribution in [-0.4, -0.2) is 17.0 Å². The molecular formula is C12H14BrNO3. The van der Waals surface area contributed by atoms with E-state index in [1.54, 1.807) is 0 Å². The van der Waals surface area contributed by atoms with E-state index >= 15 is 0 Å². The van der Waals surface area contributed by atoms with Gasteiger partial charge in [-0.25, -0.2) is 0 Å². The Hall–Kier alpha value is -1.36. The molecule has 1 rings (SSSR count). The predicted molar refractivity (Wildman–Crippen MR) is 67.6 cm³/mol. The molecule has 0 saturated carbocycles. The highest BCUT2D eigenvalue weighted by Gasteiger charge is 2.06. The molecule has 0 aromatic heterocycles. The standard InChI is InChI=1S/C12H14BrNO3/c1-8-6-10(13)3-2-9(8)7-14-11(15)4-5-12(16)17/h2-3,6H,4-5,7H2,1H3,(H,14,15)(H,16,17). The molecular weight excluding hydrogens is 286 g/mol. The first-order valence-electron chi connectivity index (χ1n) is 5.22. The first-order chi connectivity index (χ1) is 7.99. The first kappa shape index (κ1) is 13.7. The van der Waals surface area contributed by atoms with Crippen molar-refractivity contribution in [3.63, 3.8) is 0 Å². The summed E-state index contributed by atoms with van der Waals surface area (Å²) in [4.78, 5) is 21.6. The molecule has 17 heavy (non-hydrogen) atoms. The van der Waals surface area contributed by atoms with Crippen LogP contribution >= 0.6 is 15.9 Å². The lowest BCUT2D eigenvalue weighted by molar-refractivity contribution is -0.138. The van der Waals surface area contributed by atoms with Crippen molar-refractivity contribution in [3.8, 4) is 0 Å². The third-order valence-corrected chi connectivity index (χ3v) is 2.84. The van der Waals surface area contributed by atoms with Gasteiger partial charge in [0.2, 0.25) is 5.91 Å². The number of hydrogen-bond acceptors (Lipinski definition) is 2. The molecule has 0 bridgehead atoms. The van der Waals surface area contributed by atoms with Crippen molar-refractivity contribution in [1.29, 1.82) is 0 Å². The molecule has 0 saturated heterocycles. The van der Waals surface area contributed by atoms with Gasteiger partial charge in [0.1, 0.15) is 0 Å². The lowest BCUT2D eigenvalue weighted by atomic mass is 10.1. The maximum absolute atomic E-state index is 11.3. The van der Waals surface area contributed by atoms with Gasteiger partial charge < -0.3 is 10.4 Å². The van der Waals surface area contributed by atoms with Crippen LogP contribution in [0, 0.1) is 6.92 Å². The van der Waals surface area contributed by atoms with Gasteiger partial charge in [-0.3, -0.25) is 9.59 Å². The van der Waals surface area contributed by atoms with Crippen LogP contribution in [0.2, 0.25) is 0 Å². The van der Waals surface area contributed by atoms with E-state index in [1.807, 2.05) is 25.1 Å². The van der Waals surface area contributed by atoms with Gasteiger partial charge in [0.15, 0.2) is 0 Å². The van der Waals surface area contributed by atoms with Crippen molar-refractivity contribution >= 4 is 27.8 Å². The summed E-state index contributed by atoms with van der Waals surface area (Å²) in [5, 5.41) is 11.1. The Morgan fingerprint density at radius 2 is 2.06 bits per heavy atom. The van der Waals surface area contributed by atoms with Gasteiger partial charge >= 0.3 is 5.97 Å². The molecule has 0 unspecified atom stereocenters. The monoisotopic (exact) mass is 299 g/mol. The van der Waals surface area contributed by atoms with Gasteiger partial charge in [-0.15, -0.1) is 0 Å². The lowest BCUT2D eigenvalue weighted by Crippen LogP contribution is -2.23. The molecule has 5 heteroatoms. The van der Waals surface area contributed by atoms with Crippen molar-refractivity contribution in [2.75, 3.05) is 0 Å². The van der Waals surface area contributed by atoms with Gasteiger partial charge in [0.05, 0.1) is 6.42 Å². The molecule has 1 amide bonds. The summed E-state index contributed by atoms with van der Waals surface area (Å²) < 4.78 is 0.996. The summed E-state index contributed by atoms with van der Waals surface area (Å²) in [6, 6.07) is 5.81. The second-order valence-corrected chi connectivity index (χ2v) is 4.66. The summed E-state index contributed by atoms with van der Waals surface area (Å²) in [6.45, 7) is 2.39. The minimum atomic E-state index is -0.958. The molecule has 0 heterocycles. The van der Waals surface area contributed by atoms with Crippen LogP contribution in [0.5, 0.6) is 0 Å². The van der Waals surface area contributed by atoms with Crippen LogP contribution in [0.1, 0.15) is 24.0 Å². The first-order valence-corrected chi connectivity index (χ1v) is 6.02. The van der Waals surface area contributed by atoms with Crippen LogP contribution in [0.15, 0.2) is 22.7 Å². The van der Waals surface area contributed by atoms with Crippen LogP contribution in [0.4, 0.5) is 0 Å². The Morgan fingerprint density at radius 3 is 2.65 bits per heavy atom. The minimum absolute atomic E-state index is 0.0188. The number of nitrogens with one attached hydrogen (secondary N) is 1. The number of benzene rings is 1. The molecule has 92 valence electrons. The summed E-state index contributed by atoms with van der Waals surface area (Å²) in [6.07, 6.45) is -0.115. The summed E-state index contributed by atoms with van der Waals surface area (Å²) in [7, 11) is 0. The van der Waals surface area contributed by atoms with Gasteiger partial charge in [-0.2, -0.15) is 0 Å². The number of amides is 1. The molecule has 0 radical (unpaired) electrons. The molecule has 0 aliphatic rings. The number of carboxylic acids is 1. The second kappa shape index (κ2) is 6.39. The summed E-state index contributed by atoms with van der Waals surface area (Å²) in [5.74, 6) is -1.20. The van der Waals surface area contributed by atoms with Crippen molar-refractivity contribution in [2.24, 2.45) is 0 Å². The van der Waals surface area contributed by atoms with E-state index in [1.165, 1.54) is 0 Å². The number of carbonyl (C=O) groups excluding carboxylic acids is 1. The van der Waals surface area contributed by atoms with Crippen molar-refractivity contribution < 1.29 is 14.7 Å². The number of hydrogen-bond donors (Lipinski definition) is 2. The van der Waals surface area contributed by atoms with Gasteiger partial charge in [-0.1, -0.05) is 22.0 Å². The van der Waals surface area contributed by atoms with Crippen LogP contribution < -0.4 is 5.32 Å². The number of aryl methyl sites for hydroxylation is 1. The summed E-state index contributed by atoms with van der Waals surface area (Å²) >= 11 is 3.36. The van der Waals surface area contributed by atoms with Crippen LogP contribution in [0.25, 0.3) is 0 Å². The zero-order chi connectivity index (χ0) is 12.8. The van der Waals surface area contributed by atoms with Crippen molar-refractivity contribution in [1.82, 2.24) is 5.32 Å². The molecule has 2 N–H and O–H groups in total. The van der Waals surface area contributed by atoms with Gasteiger partial charge in [0, 0.05) is 17.4 Å². The topological polar surface area (TPSA) is 66.4 Å². The van der Waals surface area contributed by atoms with E-state index in [-0.39, 0.29) is 18.7 Å². The van der Waals surface area contributed by atoms with Crippen LogP contribution in [0.3, 0.4) is 0 Å². The third-order valence-electron chi connectivity index (χ3n) is 2.35. The minimum Gasteiger partial charge on any atom is -0.481 e. The average Bonchev–Trinajstić information content (AvgIpc) is 2.25. The smallest absolute Gasteiger partial charge is 0.303 e. The Kier molecular flexibility index (Phi) is 5.15. The Bertz CT molecular complexity index is 432. The number of carboxylic acid groups (broad SMARTS) is 1. The highest BCUT2D eigenvalue weighted by Crippen LogP contribution is 2.15. The fraction of sp³-hybridized carbons (Fsp3) is 0.333. The molecule has 0 aliphatic carbocycles. The molecule has 0 spiro atoms. The maximum Gasteiger partial charge on any atom is 0.303 e. The van der Waals surface area contributed by atoms with Crippen LogP contribution in [-0.2, 0) is 16.1 Å². The molecule has 1 aromatic carbocycles. The van der Waals surface area contributed by atoms with Crippen molar-refractivity contribution in [2.45, 2.75) is 26.3 Å². The molecule has 0 aliphatic heterocycles. The Labute approximate surface area is 108 Å². The van der Waals surface area contributed by atoms with E-state index in [9.17, 15) is 9.59 Å². The molecule has 4 nitrogen and oxygen atoms in total. The fourth-order valence-corrected chi connectivity index (χ4v) is 1.84. The zero-order valence-corrected chi connectivity index (χ0v) is 11.1. The number of rotatable bonds is 5. The second-order valence-electron chi connectivity index (χ2n) is 3.74.